The van der Waals surface area contributed by atoms with Crippen molar-refractivity contribution in [3.05, 3.63) is 114 Å². The van der Waals surface area contributed by atoms with Gasteiger partial charge >= 0.3 is 0 Å². The lowest BCUT2D eigenvalue weighted by molar-refractivity contribution is -0.116. The maximum Gasteiger partial charge on any atom is 0.226 e. The predicted molar refractivity (Wildman–Crippen MR) is 147 cm³/mol. The normalized spacial score (nSPS) is 17.2. The summed E-state index contributed by atoms with van der Waals surface area (Å²) in [4.78, 5) is 19.6. The zero-order valence-corrected chi connectivity index (χ0v) is 21.2. The number of thiocarbonyl (C=S) groups is 1. The van der Waals surface area contributed by atoms with Crippen molar-refractivity contribution >= 4 is 28.9 Å². The molecule has 2 aromatic heterocycles. The minimum absolute atomic E-state index is 0.0339. The van der Waals surface area contributed by atoms with Gasteiger partial charge in [-0.25, -0.2) is 0 Å². The van der Waals surface area contributed by atoms with Crippen molar-refractivity contribution in [2.24, 2.45) is 0 Å². The van der Waals surface area contributed by atoms with Crippen molar-refractivity contribution in [3.8, 4) is 5.69 Å². The Morgan fingerprint density at radius 3 is 2.64 bits per heavy atom. The number of anilines is 1. The molecular formula is C29H29N5OS. The third-order valence-electron chi connectivity index (χ3n) is 6.56. The van der Waals surface area contributed by atoms with Gasteiger partial charge in [-0.15, -0.1) is 0 Å². The monoisotopic (exact) mass is 495 g/mol. The highest BCUT2D eigenvalue weighted by Crippen LogP contribution is 2.39. The van der Waals surface area contributed by atoms with E-state index in [1.165, 1.54) is 0 Å². The lowest BCUT2D eigenvalue weighted by Gasteiger charge is -2.27. The van der Waals surface area contributed by atoms with Gasteiger partial charge in [0.15, 0.2) is 5.11 Å². The molecule has 3 heterocycles. The molecule has 1 saturated heterocycles. The molecular weight excluding hydrogens is 466 g/mol. The molecule has 0 spiro atoms. The number of amides is 1. The Hall–Kier alpha value is -3.97. The summed E-state index contributed by atoms with van der Waals surface area (Å²) in [6.45, 7) is 4.51. The lowest BCUT2D eigenvalue weighted by Crippen LogP contribution is -2.32. The molecule has 1 aliphatic heterocycles. The Morgan fingerprint density at radius 1 is 1.06 bits per heavy atom. The average Bonchev–Trinajstić information content (AvgIpc) is 3.50. The standard InChI is InChI=1S/C29H29N5OS/c1-20-11-12-21(2)25(18-20)31-26(35)14-17-34-28(27(32-29(34)36)24-10-6-7-15-30-24)22-13-16-33(19-22)23-8-4-3-5-9-23/h3-13,15-16,18-19,27-28H,14,17H2,1-2H3,(H,31,35)(H,32,36)/t27-,28-/m1/s1. The number of benzene rings is 2. The maximum atomic E-state index is 12.9. The number of pyridine rings is 1. The second kappa shape index (κ2) is 10.3. The van der Waals surface area contributed by atoms with Gasteiger partial charge in [0.2, 0.25) is 5.91 Å². The van der Waals surface area contributed by atoms with Crippen molar-refractivity contribution in [1.29, 1.82) is 0 Å². The van der Waals surface area contributed by atoms with Crippen molar-refractivity contribution in [2.45, 2.75) is 32.4 Å². The highest BCUT2D eigenvalue weighted by molar-refractivity contribution is 7.80. The number of aryl methyl sites for hydroxylation is 2. The predicted octanol–water partition coefficient (Wildman–Crippen LogP) is 5.49. The summed E-state index contributed by atoms with van der Waals surface area (Å²) in [6, 6.07) is 24.1. The fraction of sp³-hybridized carbons (Fsp3) is 0.207. The van der Waals surface area contributed by atoms with Crippen LogP contribution in [0.5, 0.6) is 0 Å². The molecule has 0 saturated carbocycles. The molecule has 182 valence electrons. The Morgan fingerprint density at radius 2 is 1.86 bits per heavy atom. The van der Waals surface area contributed by atoms with Crippen LogP contribution in [0.1, 0.15) is 40.9 Å². The van der Waals surface area contributed by atoms with Crippen LogP contribution < -0.4 is 10.6 Å². The van der Waals surface area contributed by atoms with E-state index in [4.69, 9.17) is 12.2 Å². The molecule has 7 heteroatoms. The van der Waals surface area contributed by atoms with Crippen LogP contribution in [-0.4, -0.2) is 32.0 Å². The number of para-hydroxylation sites is 1. The second-order valence-electron chi connectivity index (χ2n) is 9.12. The van der Waals surface area contributed by atoms with E-state index in [0.717, 1.165) is 33.8 Å². The second-order valence-corrected chi connectivity index (χ2v) is 9.51. The van der Waals surface area contributed by atoms with Gasteiger partial charge in [-0.3, -0.25) is 9.78 Å². The number of carbonyl (C=O) groups excluding carboxylic acids is 1. The molecule has 4 aromatic rings. The Labute approximate surface area is 217 Å². The summed E-state index contributed by atoms with van der Waals surface area (Å²) in [6.07, 6.45) is 6.31. The van der Waals surface area contributed by atoms with Crippen LogP contribution >= 0.6 is 12.2 Å². The zero-order valence-electron chi connectivity index (χ0n) is 20.4. The number of carbonyl (C=O) groups is 1. The topological polar surface area (TPSA) is 62.2 Å². The molecule has 1 fully saturated rings. The van der Waals surface area contributed by atoms with E-state index < -0.39 is 0 Å². The van der Waals surface area contributed by atoms with Crippen LogP contribution in [0.25, 0.3) is 5.69 Å². The Kier molecular flexibility index (Phi) is 6.82. The van der Waals surface area contributed by atoms with Crippen molar-refractivity contribution in [2.75, 3.05) is 11.9 Å². The fourth-order valence-corrected chi connectivity index (χ4v) is 5.00. The molecule has 36 heavy (non-hydrogen) atoms. The summed E-state index contributed by atoms with van der Waals surface area (Å²) >= 11 is 5.76. The van der Waals surface area contributed by atoms with E-state index in [9.17, 15) is 4.79 Å². The number of rotatable bonds is 7. The van der Waals surface area contributed by atoms with Crippen LogP contribution in [0.15, 0.2) is 91.4 Å². The van der Waals surface area contributed by atoms with Crippen LogP contribution in [0.2, 0.25) is 0 Å². The molecule has 0 bridgehead atoms. The van der Waals surface area contributed by atoms with E-state index in [1.54, 1.807) is 6.20 Å². The highest BCUT2D eigenvalue weighted by Gasteiger charge is 2.40. The number of hydrogen-bond acceptors (Lipinski definition) is 3. The van der Waals surface area contributed by atoms with Crippen LogP contribution in [-0.2, 0) is 4.79 Å². The molecule has 1 amide bonds. The molecule has 1 aliphatic rings. The molecule has 0 aliphatic carbocycles. The van der Waals surface area contributed by atoms with Gasteiger partial charge in [-0.05, 0) is 79.2 Å². The summed E-state index contributed by atoms with van der Waals surface area (Å²) in [7, 11) is 0. The SMILES string of the molecule is Cc1ccc(C)c(NC(=O)CCN2C(=S)N[C@H](c3ccccn3)[C@H]2c2ccn(-c3ccccc3)c2)c1. The summed E-state index contributed by atoms with van der Waals surface area (Å²) in [5.41, 5.74) is 6.12. The number of nitrogens with zero attached hydrogens (tertiary/aromatic N) is 3. The van der Waals surface area contributed by atoms with Gasteiger partial charge in [0.05, 0.1) is 17.8 Å². The van der Waals surface area contributed by atoms with Gasteiger partial charge in [0, 0.05) is 42.9 Å². The quantitative estimate of drug-likeness (QED) is 0.332. The van der Waals surface area contributed by atoms with E-state index >= 15 is 0 Å². The molecule has 0 unspecified atom stereocenters. The van der Waals surface area contributed by atoms with E-state index in [1.807, 2.05) is 68.4 Å². The first-order valence-corrected chi connectivity index (χ1v) is 12.5. The highest BCUT2D eigenvalue weighted by atomic mass is 32.1. The van der Waals surface area contributed by atoms with Gasteiger partial charge in [0.1, 0.15) is 0 Å². The number of nitrogens with one attached hydrogen (secondary N) is 2. The Bertz CT molecular complexity index is 1370. The molecule has 0 radical (unpaired) electrons. The van der Waals surface area contributed by atoms with Gasteiger partial charge in [0.25, 0.3) is 0 Å². The largest absolute Gasteiger partial charge is 0.352 e. The minimum atomic E-state index is -0.118. The Balaban J connectivity index is 1.39. The lowest BCUT2D eigenvalue weighted by atomic mass is 9.99. The van der Waals surface area contributed by atoms with E-state index in [2.05, 4.69) is 55.7 Å². The molecule has 2 N–H and O–H groups in total. The minimum Gasteiger partial charge on any atom is -0.352 e. The first-order chi connectivity index (χ1) is 17.5. The van der Waals surface area contributed by atoms with Crippen LogP contribution in [0.3, 0.4) is 0 Å². The van der Waals surface area contributed by atoms with Crippen LogP contribution in [0, 0.1) is 13.8 Å². The smallest absolute Gasteiger partial charge is 0.226 e. The summed E-state index contributed by atoms with van der Waals surface area (Å²) in [5, 5.41) is 7.16. The molecule has 6 nitrogen and oxygen atoms in total. The third-order valence-corrected chi connectivity index (χ3v) is 6.91. The average molecular weight is 496 g/mol. The van der Waals surface area contributed by atoms with Crippen LogP contribution in [0.4, 0.5) is 5.69 Å². The van der Waals surface area contributed by atoms with Gasteiger partial charge in [-0.2, -0.15) is 0 Å². The summed E-state index contributed by atoms with van der Waals surface area (Å²) < 4.78 is 2.11. The first kappa shape index (κ1) is 23.8. The summed E-state index contributed by atoms with van der Waals surface area (Å²) in [5.74, 6) is -0.0339. The van der Waals surface area contributed by atoms with Crippen molar-refractivity contribution in [3.63, 3.8) is 0 Å². The molecule has 2 aromatic carbocycles. The first-order valence-electron chi connectivity index (χ1n) is 12.1. The van der Waals surface area contributed by atoms with Crippen molar-refractivity contribution in [1.82, 2.24) is 19.8 Å². The van der Waals surface area contributed by atoms with Gasteiger partial charge < -0.3 is 20.1 Å². The van der Waals surface area contributed by atoms with E-state index in [-0.39, 0.29) is 18.0 Å². The van der Waals surface area contributed by atoms with E-state index in [0.29, 0.717) is 18.1 Å². The van der Waals surface area contributed by atoms with Gasteiger partial charge in [-0.1, -0.05) is 36.4 Å². The fourth-order valence-electron chi connectivity index (χ4n) is 4.66. The molecule has 2 atom stereocenters. The molecule has 5 rings (SSSR count). The third kappa shape index (κ3) is 5.02. The maximum absolute atomic E-state index is 12.9. The van der Waals surface area contributed by atoms with Crippen molar-refractivity contribution < 1.29 is 4.79 Å². The number of hydrogen-bond donors (Lipinski definition) is 2. The number of aromatic nitrogens is 2. The zero-order chi connectivity index (χ0) is 25.1.